The van der Waals surface area contributed by atoms with Crippen molar-refractivity contribution in [2.75, 3.05) is 13.2 Å². The predicted octanol–water partition coefficient (Wildman–Crippen LogP) is 2.14. The molecule has 2 rings (SSSR count). The van der Waals surface area contributed by atoms with E-state index in [0.717, 1.165) is 12.2 Å². The predicted molar refractivity (Wildman–Crippen MR) is 84.6 cm³/mol. The van der Waals surface area contributed by atoms with Gasteiger partial charge in [0, 0.05) is 19.0 Å². The molecule has 5 heteroatoms. The maximum absolute atomic E-state index is 5.71. The zero-order chi connectivity index (χ0) is 11.9. The van der Waals surface area contributed by atoms with E-state index in [2.05, 4.69) is 10.3 Å². The van der Waals surface area contributed by atoms with E-state index < -0.39 is 0 Å². The normalized spacial score (nSPS) is 14.8. The van der Waals surface area contributed by atoms with E-state index in [9.17, 15) is 0 Å². The fourth-order valence-electron chi connectivity index (χ4n) is 1.45. The molecule has 4 nitrogen and oxygen atoms in total. The summed E-state index contributed by atoms with van der Waals surface area (Å²) in [7, 11) is 0. The molecule has 3 N–H and O–H groups in total. The minimum absolute atomic E-state index is 0. The fraction of sp³-hybridized carbons (Fsp3) is 0.462. The molecule has 0 aliphatic heterocycles. The number of guanidine groups is 1. The molecular formula is C13H20IN3O. The van der Waals surface area contributed by atoms with Crippen LogP contribution < -0.4 is 15.8 Å². The highest BCUT2D eigenvalue weighted by Gasteiger charge is 2.21. The van der Waals surface area contributed by atoms with Gasteiger partial charge in [-0.1, -0.05) is 18.2 Å². The van der Waals surface area contributed by atoms with Gasteiger partial charge >= 0.3 is 0 Å². The monoisotopic (exact) mass is 361 g/mol. The van der Waals surface area contributed by atoms with Gasteiger partial charge < -0.3 is 15.8 Å². The maximum Gasteiger partial charge on any atom is 0.188 e. The van der Waals surface area contributed by atoms with Crippen LogP contribution in [0.5, 0.6) is 5.75 Å². The second-order valence-corrected chi connectivity index (χ2v) is 4.20. The van der Waals surface area contributed by atoms with Crippen molar-refractivity contribution in [3.63, 3.8) is 0 Å². The largest absolute Gasteiger partial charge is 0.494 e. The number of aliphatic imine (C=N–C) groups is 1. The van der Waals surface area contributed by atoms with E-state index in [1.54, 1.807) is 0 Å². The Bertz CT molecular complexity index is 366. The molecule has 0 amide bonds. The van der Waals surface area contributed by atoms with Crippen LogP contribution in [-0.4, -0.2) is 25.2 Å². The SMILES string of the molecule is I.NC(=NCCCOc1ccccc1)NC1CC1. The van der Waals surface area contributed by atoms with Gasteiger partial charge in [0.25, 0.3) is 0 Å². The first-order chi connectivity index (χ1) is 8.34. The lowest BCUT2D eigenvalue weighted by molar-refractivity contribution is 0.313. The van der Waals surface area contributed by atoms with Gasteiger partial charge in [-0.15, -0.1) is 24.0 Å². The number of ether oxygens (including phenoxy) is 1. The highest BCUT2D eigenvalue weighted by atomic mass is 127. The second kappa shape index (κ2) is 8.18. The van der Waals surface area contributed by atoms with Crippen LogP contribution in [0.25, 0.3) is 0 Å². The Morgan fingerprint density at radius 1 is 1.33 bits per heavy atom. The number of hydrogen-bond acceptors (Lipinski definition) is 2. The van der Waals surface area contributed by atoms with Gasteiger partial charge in [-0.05, 0) is 25.0 Å². The molecule has 1 aromatic rings. The van der Waals surface area contributed by atoms with E-state index in [4.69, 9.17) is 10.5 Å². The van der Waals surface area contributed by atoms with Gasteiger partial charge in [0.05, 0.1) is 6.61 Å². The standard InChI is InChI=1S/C13H19N3O.HI/c14-13(16-11-7-8-11)15-9-4-10-17-12-5-2-1-3-6-12;/h1-3,5-6,11H,4,7-10H2,(H3,14,15,16);1H. The molecule has 0 saturated heterocycles. The molecule has 0 unspecified atom stereocenters. The molecule has 1 fully saturated rings. The quantitative estimate of drug-likeness (QED) is 0.353. The molecule has 1 aromatic carbocycles. The van der Waals surface area contributed by atoms with Gasteiger partial charge in [-0.2, -0.15) is 0 Å². The van der Waals surface area contributed by atoms with Crippen molar-refractivity contribution < 1.29 is 4.74 Å². The Morgan fingerprint density at radius 2 is 2.06 bits per heavy atom. The minimum Gasteiger partial charge on any atom is -0.494 e. The number of rotatable bonds is 6. The molecule has 100 valence electrons. The van der Waals surface area contributed by atoms with E-state index in [1.807, 2.05) is 30.3 Å². The first-order valence-corrected chi connectivity index (χ1v) is 6.09. The first kappa shape index (κ1) is 15.1. The Balaban J connectivity index is 0.00000162. The van der Waals surface area contributed by atoms with Crippen molar-refractivity contribution >= 4 is 29.9 Å². The summed E-state index contributed by atoms with van der Waals surface area (Å²) < 4.78 is 5.55. The minimum atomic E-state index is 0. The van der Waals surface area contributed by atoms with Gasteiger partial charge in [-0.3, -0.25) is 4.99 Å². The van der Waals surface area contributed by atoms with Crippen LogP contribution in [0.3, 0.4) is 0 Å². The molecule has 0 aromatic heterocycles. The highest BCUT2D eigenvalue weighted by Crippen LogP contribution is 2.17. The van der Waals surface area contributed by atoms with Crippen molar-refractivity contribution in [3.8, 4) is 5.75 Å². The number of nitrogens with one attached hydrogen (secondary N) is 1. The van der Waals surface area contributed by atoms with Crippen LogP contribution >= 0.6 is 24.0 Å². The summed E-state index contributed by atoms with van der Waals surface area (Å²) in [6.07, 6.45) is 3.31. The van der Waals surface area contributed by atoms with Crippen LogP contribution in [0, 0.1) is 0 Å². The molecule has 1 aliphatic rings. The average molecular weight is 361 g/mol. The van der Waals surface area contributed by atoms with Crippen LogP contribution in [0.15, 0.2) is 35.3 Å². The summed E-state index contributed by atoms with van der Waals surface area (Å²) in [6.45, 7) is 1.38. The molecular weight excluding hydrogens is 341 g/mol. The smallest absolute Gasteiger partial charge is 0.188 e. The van der Waals surface area contributed by atoms with Crippen molar-refractivity contribution in [2.24, 2.45) is 10.7 Å². The number of para-hydroxylation sites is 1. The Labute approximate surface area is 125 Å². The van der Waals surface area contributed by atoms with Crippen molar-refractivity contribution in [1.82, 2.24) is 5.32 Å². The molecule has 0 radical (unpaired) electrons. The molecule has 0 heterocycles. The third-order valence-electron chi connectivity index (χ3n) is 2.53. The maximum atomic E-state index is 5.71. The Morgan fingerprint density at radius 3 is 2.72 bits per heavy atom. The fourth-order valence-corrected chi connectivity index (χ4v) is 1.45. The summed E-state index contributed by atoms with van der Waals surface area (Å²) in [5, 5.41) is 3.15. The summed E-state index contributed by atoms with van der Waals surface area (Å²) in [5.41, 5.74) is 5.71. The topological polar surface area (TPSA) is 59.6 Å². The lowest BCUT2D eigenvalue weighted by atomic mass is 10.3. The molecule has 0 spiro atoms. The zero-order valence-electron chi connectivity index (χ0n) is 10.3. The van der Waals surface area contributed by atoms with Crippen molar-refractivity contribution in [3.05, 3.63) is 30.3 Å². The molecule has 18 heavy (non-hydrogen) atoms. The third kappa shape index (κ3) is 6.09. The Hall–Kier alpha value is -0.980. The Kier molecular flexibility index (Phi) is 6.85. The van der Waals surface area contributed by atoms with Crippen LogP contribution in [0.4, 0.5) is 0 Å². The van der Waals surface area contributed by atoms with Gasteiger partial charge in [0.15, 0.2) is 5.96 Å². The number of halogens is 1. The second-order valence-electron chi connectivity index (χ2n) is 4.20. The van der Waals surface area contributed by atoms with Crippen LogP contribution in [0.1, 0.15) is 19.3 Å². The van der Waals surface area contributed by atoms with Crippen LogP contribution in [0.2, 0.25) is 0 Å². The number of hydrogen-bond donors (Lipinski definition) is 2. The van der Waals surface area contributed by atoms with E-state index >= 15 is 0 Å². The van der Waals surface area contributed by atoms with Crippen molar-refractivity contribution in [1.29, 1.82) is 0 Å². The van der Waals surface area contributed by atoms with Gasteiger partial charge in [-0.25, -0.2) is 0 Å². The van der Waals surface area contributed by atoms with Gasteiger partial charge in [0.2, 0.25) is 0 Å². The van der Waals surface area contributed by atoms with E-state index in [0.29, 0.717) is 25.2 Å². The summed E-state index contributed by atoms with van der Waals surface area (Å²) >= 11 is 0. The number of nitrogens with zero attached hydrogens (tertiary/aromatic N) is 1. The summed E-state index contributed by atoms with van der Waals surface area (Å²) in [6, 6.07) is 10.4. The highest BCUT2D eigenvalue weighted by molar-refractivity contribution is 14.0. The summed E-state index contributed by atoms with van der Waals surface area (Å²) in [5.74, 6) is 1.47. The molecule has 0 atom stereocenters. The summed E-state index contributed by atoms with van der Waals surface area (Å²) in [4.78, 5) is 4.24. The number of nitrogens with two attached hydrogens (primary N) is 1. The van der Waals surface area contributed by atoms with E-state index in [1.165, 1.54) is 12.8 Å². The molecule has 1 saturated carbocycles. The average Bonchev–Trinajstić information content (AvgIpc) is 3.14. The van der Waals surface area contributed by atoms with Gasteiger partial charge in [0.1, 0.15) is 5.75 Å². The zero-order valence-corrected chi connectivity index (χ0v) is 12.7. The molecule has 1 aliphatic carbocycles. The van der Waals surface area contributed by atoms with E-state index in [-0.39, 0.29) is 24.0 Å². The number of benzene rings is 1. The lowest BCUT2D eigenvalue weighted by Gasteiger charge is -2.05. The van der Waals surface area contributed by atoms with Crippen molar-refractivity contribution in [2.45, 2.75) is 25.3 Å². The molecule has 0 bridgehead atoms. The van der Waals surface area contributed by atoms with Crippen LogP contribution in [-0.2, 0) is 0 Å². The third-order valence-corrected chi connectivity index (χ3v) is 2.53. The lowest BCUT2D eigenvalue weighted by Crippen LogP contribution is -2.33. The first-order valence-electron chi connectivity index (χ1n) is 6.09.